The zero-order valence-electron chi connectivity index (χ0n) is 19.2. The first-order chi connectivity index (χ1) is 15.9. The highest BCUT2D eigenvalue weighted by Gasteiger charge is 2.40. The maximum Gasteiger partial charge on any atom is 0.321 e. The number of benzene rings is 2. The van der Waals surface area contributed by atoms with Gasteiger partial charge in [0.15, 0.2) is 5.66 Å². The minimum atomic E-state index is -0.485. The van der Waals surface area contributed by atoms with E-state index in [-0.39, 0.29) is 6.03 Å². The molecule has 2 aromatic rings. The summed E-state index contributed by atoms with van der Waals surface area (Å²) in [6, 6.07) is 13.5. The van der Waals surface area contributed by atoms with Crippen LogP contribution in [0.3, 0.4) is 0 Å². The third-order valence-electron chi connectivity index (χ3n) is 5.85. The Morgan fingerprint density at radius 3 is 2.58 bits per heavy atom. The lowest BCUT2D eigenvalue weighted by Crippen LogP contribution is -2.46. The van der Waals surface area contributed by atoms with E-state index in [0.29, 0.717) is 42.4 Å². The van der Waals surface area contributed by atoms with Crippen LogP contribution in [0.1, 0.15) is 37.3 Å². The molecular weight excluding hydrogens is 456 g/mol. The summed E-state index contributed by atoms with van der Waals surface area (Å²) in [5.74, 6) is 1.59. The van der Waals surface area contributed by atoms with Crippen molar-refractivity contribution in [3.05, 3.63) is 58.6 Å². The van der Waals surface area contributed by atoms with E-state index in [2.05, 4.69) is 43.4 Å². The number of hydrogen-bond acceptors (Lipinski definition) is 5. The SMILES string of the molecule is CCCSC1=NC2(CCN(C(=O)Nc3cc(Cl)ccc3OC)CC2)N=C1c1ccc(C)cc1. The number of halogens is 1. The number of methoxy groups -OCH3 is 1. The Morgan fingerprint density at radius 1 is 1.18 bits per heavy atom. The maximum absolute atomic E-state index is 12.9. The molecule has 0 aliphatic carbocycles. The molecule has 8 heteroatoms. The van der Waals surface area contributed by atoms with Crippen LogP contribution in [0.2, 0.25) is 5.02 Å². The zero-order chi connectivity index (χ0) is 23.4. The molecule has 33 heavy (non-hydrogen) atoms. The standard InChI is InChI=1S/C25H29ClN4O2S/c1-4-15-33-23-22(18-7-5-17(2)6-8-18)28-25(29-23)11-13-30(14-12-25)24(31)27-20-16-19(26)9-10-21(20)32-3/h5-10,16H,4,11-15H2,1-3H3,(H,27,31). The monoisotopic (exact) mass is 484 g/mol. The van der Waals surface area contributed by atoms with Crippen LogP contribution in [0, 0.1) is 6.92 Å². The van der Waals surface area contributed by atoms with Crippen LogP contribution in [-0.2, 0) is 0 Å². The van der Waals surface area contributed by atoms with Gasteiger partial charge in [-0.25, -0.2) is 9.79 Å². The van der Waals surface area contributed by atoms with Gasteiger partial charge < -0.3 is 15.0 Å². The van der Waals surface area contributed by atoms with Crippen LogP contribution in [0.15, 0.2) is 52.4 Å². The second kappa shape index (κ2) is 10.2. The molecule has 0 radical (unpaired) electrons. The van der Waals surface area contributed by atoms with Gasteiger partial charge in [0.05, 0.1) is 18.5 Å². The molecule has 1 N–H and O–H groups in total. The molecule has 0 bridgehead atoms. The first kappa shape index (κ1) is 23.6. The zero-order valence-corrected chi connectivity index (χ0v) is 20.8. The third-order valence-corrected chi connectivity index (χ3v) is 7.26. The lowest BCUT2D eigenvalue weighted by Gasteiger charge is -2.35. The van der Waals surface area contributed by atoms with Crippen molar-refractivity contribution < 1.29 is 9.53 Å². The van der Waals surface area contributed by atoms with Gasteiger partial charge in [0.1, 0.15) is 10.8 Å². The molecule has 0 saturated carbocycles. The Labute approximate surface area is 204 Å². The van der Waals surface area contributed by atoms with Gasteiger partial charge >= 0.3 is 6.03 Å². The van der Waals surface area contributed by atoms with Crippen LogP contribution in [0.25, 0.3) is 0 Å². The smallest absolute Gasteiger partial charge is 0.321 e. The first-order valence-corrected chi connectivity index (χ1v) is 12.6. The highest BCUT2D eigenvalue weighted by molar-refractivity contribution is 8.15. The van der Waals surface area contributed by atoms with E-state index in [1.54, 1.807) is 42.0 Å². The number of likely N-dealkylation sites (tertiary alicyclic amines) is 1. The number of nitrogens with zero attached hydrogens (tertiary/aromatic N) is 3. The molecule has 0 atom stereocenters. The Kier molecular flexibility index (Phi) is 7.29. The van der Waals surface area contributed by atoms with Gasteiger partial charge in [0.2, 0.25) is 0 Å². The van der Waals surface area contributed by atoms with Crippen LogP contribution in [-0.4, -0.2) is 53.3 Å². The van der Waals surface area contributed by atoms with Crippen molar-refractivity contribution in [3.63, 3.8) is 0 Å². The number of urea groups is 1. The van der Waals surface area contributed by atoms with Gasteiger partial charge in [0, 0.05) is 36.5 Å². The van der Waals surface area contributed by atoms with Crippen molar-refractivity contribution in [3.8, 4) is 5.75 Å². The summed E-state index contributed by atoms with van der Waals surface area (Å²) < 4.78 is 5.34. The largest absolute Gasteiger partial charge is 0.495 e. The van der Waals surface area contributed by atoms with Gasteiger partial charge in [0.25, 0.3) is 0 Å². The number of aryl methyl sites for hydroxylation is 1. The van der Waals surface area contributed by atoms with Crippen LogP contribution in [0.4, 0.5) is 10.5 Å². The second-order valence-corrected chi connectivity index (χ2v) is 9.86. The molecule has 2 amide bonds. The van der Waals surface area contributed by atoms with Crippen LogP contribution in [0.5, 0.6) is 5.75 Å². The van der Waals surface area contributed by atoms with E-state index in [4.69, 9.17) is 26.3 Å². The first-order valence-electron chi connectivity index (χ1n) is 11.2. The second-order valence-electron chi connectivity index (χ2n) is 8.34. The molecule has 6 nitrogen and oxygen atoms in total. The number of nitrogens with one attached hydrogen (secondary N) is 1. The predicted molar refractivity (Wildman–Crippen MR) is 138 cm³/mol. The Balaban J connectivity index is 1.48. The molecule has 2 heterocycles. The van der Waals surface area contributed by atoms with E-state index in [1.165, 1.54) is 5.56 Å². The van der Waals surface area contributed by atoms with Crippen molar-refractivity contribution in [1.82, 2.24) is 4.90 Å². The molecule has 0 aromatic heterocycles. The number of carbonyl (C=O) groups excluding carboxylic acids is 1. The van der Waals surface area contributed by atoms with E-state index < -0.39 is 5.66 Å². The van der Waals surface area contributed by atoms with E-state index in [9.17, 15) is 4.79 Å². The van der Waals surface area contributed by atoms with E-state index in [1.807, 2.05) is 0 Å². The van der Waals surface area contributed by atoms with Gasteiger partial charge in [-0.2, -0.15) is 0 Å². The van der Waals surface area contributed by atoms with Gasteiger partial charge in [-0.05, 0) is 37.3 Å². The average molecular weight is 485 g/mol. The Morgan fingerprint density at radius 2 is 1.91 bits per heavy atom. The molecule has 1 fully saturated rings. The van der Waals surface area contributed by atoms with Crippen molar-refractivity contribution >= 4 is 45.8 Å². The highest BCUT2D eigenvalue weighted by atomic mass is 35.5. The molecule has 0 unspecified atom stereocenters. The summed E-state index contributed by atoms with van der Waals surface area (Å²) in [4.78, 5) is 24.9. The number of hydrogen-bond donors (Lipinski definition) is 1. The van der Waals surface area contributed by atoms with E-state index >= 15 is 0 Å². The maximum atomic E-state index is 12.9. The molecule has 2 aliphatic rings. The Hall–Kier alpha value is -2.51. The molecule has 2 aliphatic heterocycles. The third kappa shape index (κ3) is 5.36. The van der Waals surface area contributed by atoms with E-state index in [0.717, 1.165) is 28.5 Å². The number of anilines is 1. The number of piperidine rings is 1. The number of amides is 2. The van der Waals surface area contributed by atoms with Crippen molar-refractivity contribution in [1.29, 1.82) is 0 Å². The average Bonchev–Trinajstić information content (AvgIpc) is 3.16. The minimum Gasteiger partial charge on any atom is -0.495 e. The van der Waals surface area contributed by atoms with Crippen molar-refractivity contribution in [2.24, 2.45) is 9.98 Å². The topological polar surface area (TPSA) is 66.3 Å². The fourth-order valence-corrected chi connectivity index (χ4v) is 5.09. The number of thioether (sulfide) groups is 1. The lowest BCUT2D eigenvalue weighted by molar-refractivity contribution is 0.175. The molecule has 1 saturated heterocycles. The fourth-order valence-electron chi connectivity index (χ4n) is 3.99. The lowest BCUT2D eigenvalue weighted by atomic mass is 9.98. The predicted octanol–water partition coefficient (Wildman–Crippen LogP) is 6.03. The van der Waals surface area contributed by atoms with Gasteiger partial charge in [-0.1, -0.05) is 48.4 Å². The number of carbonyl (C=O) groups is 1. The fraction of sp³-hybridized carbons (Fsp3) is 0.400. The van der Waals surface area contributed by atoms with Gasteiger partial charge in [-0.3, -0.25) is 4.99 Å². The minimum absolute atomic E-state index is 0.171. The summed E-state index contributed by atoms with van der Waals surface area (Å²) in [5, 5.41) is 4.49. The Bertz CT molecular complexity index is 1080. The molecule has 4 rings (SSSR count). The molecule has 1 spiro atoms. The normalized spacial score (nSPS) is 17.0. The molecule has 174 valence electrons. The molecular formula is C25H29ClN4O2S. The van der Waals surface area contributed by atoms with Crippen LogP contribution < -0.4 is 10.1 Å². The number of ether oxygens (including phenoxy) is 1. The quantitative estimate of drug-likeness (QED) is 0.563. The van der Waals surface area contributed by atoms with Crippen molar-refractivity contribution in [2.75, 3.05) is 31.3 Å². The summed E-state index contributed by atoms with van der Waals surface area (Å²) in [6.07, 6.45) is 2.47. The molecule has 2 aromatic carbocycles. The van der Waals surface area contributed by atoms with Crippen LogP contribution >= 0.6 is 23.4 Å². The summed E-state index contributed by atoms with van der Waals surface area (Å²) in [7, 11) is 1.57. The summed E-state index contributed by atoms with van der Waals surface area (Å²) >= 11 is 7.87. The summed E-state index contributed by atoms with van der Waals surface area (Å²) in [5.41, 5.74) is 3.39. The highest BCUT2D eigenvalue weighted by Crippen LogP contribution is 2.36. The number of aliphatic imine (C=N–C) groups is 2. The summed E-state index contributed by atoms with van der Waals surface area (Å²) in [6.45, 7) is 5.42. The van der Waals surface area contributed by atoms with Gasteiger partial charge in [-0.15, -0.1) is 11.8 Å². The number of rotatable bonds is 5. The van der Waals surface area contributed by atoms with Crippen molar-refractivity contribution in [2.45, 2.75) is 38.8 Å².